The summed E-state index contributed by atoms with van der Waals surface area (Å²) in [5, 5.41) is 1.70. The first kappa shape index (κ1) is 18.7. The lowest BCUT2D eigenvalue weighted by Crippen LogP contribution is -2.22. The van der Waals surface area contributed by atoms with Crippen LogP contribution in [0.4, 0.5) is 0 Å². The van der Waals surface area contributed by atoms with E-state index in [1.165, 1.54) is 0 Å². The van der Waals surface area contributed by atoms with Crippen LogP contribution >= 0.6 is 7.14 Å². The maximum atomic E-state index is 15.0. The first-order valence-electron chi connectivity index (χ1n) is 10.0. The normalized spacial score (nSPS) is 15.6. The molecule has 30 heavy (non-hydrogen) atoms. The molecule has 1 heterocycles. The Morgan fingerprint density at radius 3 is 1.70 bits per heavy atom. The predicted octanol–water partition coefficient (Wildman–Crippen LogP) is 6.18. The van der Waals surface area contributed by atoms with Crippen molar-refractivity contribution in [2.75, 3.05) is 0 Å². The summed E-state index contributed by atoms with van der Waals surface area (Å²) in [5.41, 5.74) is 1.61. The molecular formula is C27H21O2P. The smallest absolute Gasteiger partial charge is 0.154 e. The molecule has 1 aliphatic heterocycles. The van der Waals surface area contributed by atoms with Crippen LogP contribution in [-0.2, 0) is 4.57 Å². The minimum atomic E-state index is -3.05. The maximum Gasteiger partial charge on any atom is 0.154 e. The molecule has 4 aromatic carbocycles. The summed E-state index contributed by atoms with van der Waals surface area (Å²) in [7, 11) is -3.05. The van der Waals surface area contributed by atoms with Gasteiger partial charge in [-0.15, -0.1) is 0 Å². The van der Waals surface area contributed by atoms with E-state index in [1.54, 1.807) is 0 Å². The molecule has 5 rings (SSSR count). The van der Waals surface area contributed by atoms with Crippen LogP contribution in [0.25, 0.3) is 5.76 Å². The van der Waals surface area contributed by atoms with Crippen molar-refractivity contribution in [3.63, 3.8) is 0 Å². The van der Waals surface area contributed by atoms with Crippen molar-refractivity contribution in [2.24, 2.45) is 0 Å². The highest BCUT2D eigenvalue weighted by Gasteiger charge is 2.40. The lowest BCUT2D eigenvalue weighted by Gasteiger charge is -2.32. The first-order valence-corrected chi connectivity index (χ1v) is 11.8. The molecule has 0 aromatic heterocycles. The van der Waals surface area contributed by atoms with E-state index >= 15 is 4.57 Å². The van der Waals surface area contributed by atoms with Gasteiger partial charge in [-0.2, -0.15) is 0 Å². The van der Waals surface area contributed by atoms with Gasteiger partial charge in [0.05, 0.1) is 5.66 Å². The number of para-hydroxylation sites is 1. The van der Waals surface area contributed by atoms with Crippen LogP contribution in [0.5, 0.6) is 5.75 Å². The third-order valence-corrected chi connectivity index (χ3v) is 8.84. The summed E-state index contributed by atoms with van der Waals surface area (Å²) < 4.78 is 21.3. The number of hydrogen-bond donors (Lipinski definition) is 0. The molecule has 0 N–H and O–H groups in total. The van der Waals surface area contributed by atoms with Crippen LogP contribution in [0.15, 0.2) is 121 Å². The molecule has 0 fully saturated rings. The lowest BCUT2D eigenvalue weighted by atomic mass is 10.0. The summed E-state index contributed by atoms with van der Waals surface area (Å²) in [6.45, 7) is 0. The topological polar surface area (TPSA) is 26.3 Å². The van der Waals surface area contributed by atoms with E-state index in [2.05, 4.69) is 0 Å². The van der Waals surface area contributed by atoms with Gasteiger partial charge in [-0.3, -0.25) is 0 Å². The third-order valence-electron chi connectivity index (χ3n) is 5.50. The second-order valence-corrected chi connectivity index (χ2v) is 10.2. The highest BCUT2D eigenvalue weighted by Crippen LogP contribution is 2.61. The van der Waals surface area contributed by atoms with E-state index < -0.39 is 7.14 Å². The monoisotopic (exact) mass is 408 g/mol. The SMILES string of the molecule is O=P(c1ccccc1)(c1ccccc1)C1C=C(c2ccccc2)Oc2ccccc21. The Kier molecular flexibility index (Phi) is 4.86. The van der Waals surface area contributed by atoms with E-state index in [1.807, 2.05) is 121 Å². The summed E-state index contributed by atoms with van der Waals surface area (Å²) in [6.07, 6.45) is 2.04. The van der Waals surface area contributed by atoms with Crippen molar-refractivity contribution in [3.8, 4) is 5.75 Å². The molecule has 1 unspecified atom stereocenters. The minimum Gasteiger partial charge on any atom is -0.457 e. The van der Waals surface area contributed by atoms with Gasteiger partial charge in [0.1, 0.15) is 11.5 Å². The van der Waals surface area contributed by atoms with E-state index in [0.29, 0.717) is 0 Å². The van der Waals surface area contributed by atoms with Gasteiger partial charge >= 0.3 is 0 Å². The van der Waals surface area contributed by atoms with Gasteiger partial charge < -0.3 is 9.30 Å². The van der Waals surface area contributed by atoms with Gasteiger partial charge in [-0.25, -0.2) is 0 Å². The Morgan fingerprint density at radius 2 is 1.10 bits per heavy atom. The zero-order valence-electron chi connectivity index (χ0n) is 16.4. The molecule has 0 amide bonds. The van der Waals surface area contributed by atoms with Crippen LogP contribution in [0.3, 0.4) is 0 Å². The first-order chi connectivity index (χ1) is 14.8. The van der Waals surface area contributed by atoms with E-state index in [9.17, 15) is 0 Å². The van der Waals surface area contributed by atoms with E-state index in [4.69, 9.17) is 4.74 Å². The zero-order chi connectivity index (χ0) is 20.4. The van der Waals surface area contributed by atoms with Crippen LogP contribution in [0.1, 0.15) is 16.8 Å². The van der Waals surface area contributed by atoms with Crippen LogP contribution < -0.4 is 15.3 Å². The van der Waals surface area contributed by atoms with Gasteiger partial charge in [0.2, 0.25) is 0 Å². The van der Waals surface area contributed by atoms with Crippen molar-refractivity contribution in [1.29, 1.82) is 0 Å². The Labute approximate surface area is 176 Å². The van der Waals surface area contributed by atoms with Crippen molar-refractivity contribution in [1.82, 2.24) is 0 Å². The van der Waals surface area contributed by atoms with E-state index in [-0.39, 0.29) is 5.66 Å². The molecule has 0 aliphatic carbocycles. The van der Waals surface area contributed by atoms with Gasteiger partial charge in [-0.1, -0.05) is 109 Å². The van der Waals surface area contributed by atoms with Crippen molar-refractivity contribution >= 4 is 23.5 Å². The number of fused-ring (bicyclic) bond motifs is 1. The lowest BCUT2D eigenvalue weighted by molar-refractivity contribution is 0.494. The minimum absolute atomic E-state index is 0.317. The average Bonchev–Trinajstić information content (AvgIpc) is 2.84. The highest BCUT2D eigenvalue weighted by molar-refractivity contribution is 7.79. The molecule has 0 saturated carbocycles. The molecule has 146 valence electrons. The Hall–Kier alpha value is -3.35. The average molecular weight is 408 g/mol. The molecule has 4 aromatic rings. The molecule has 1 aliphatic rings. The molecular weight excluding hydrogens is 387 g/mol. The quantitative estimate of drug-likeness (QED) is 0.377. The van der Waals surface area contributed by atoms with Gasteiger partial charge in [-0.05, 0) is 12.1 Å². The Bertz CT molecular complexity index is 1190. The van der Waals surface area contributed by atoms with Crippen LogP contribution in [-0.4, -0.2) is 0 Å². The van der Waals surface area contributed by atoms with Crippen LogP contribution in [0.2, 0.25) is 0 Å². The van der Waals surface area contributed by atoms with E-state index in [0.717, 1.165) is 33.2 Å². The maximum absolute atomic E-state index is 15.0. The zero-order valence-corrected chi connectivity index (χ0v) is 17.3. The van der Waals surface area contributed by atoms with Crippen molar-refractivity contribution < 1.29 is 9.30 Å². The number of benzene rings is 4. The molecule has 1 atom stereocenters. The number of rotatable bonds is 4. The fourth-order valence-corrected chi connectivity index (χ4v) is 7.15. The second-order valence-electron chi connectivity index (χ2n) is 7.31. The van der Waals surface area contributed by atoms with Crippen molar-refractivity contribution in [3.05, 3.63) is 132 Å². The number of allylic oxidation sites excluding steroid dienone is 1. The number of ether oxygens (including phenoxy) is 1. The highest BCUT2D eigenvalue weighted by atomic mass is 31.2. The fraction of sp³-hybridized carbons (Fsp3) is 0.0370. The van der Waals surface area contributed by atoms with Gasteiger partial charge in [0, 0.05) is 21.7 Å². The second kappa shape index (κ2) is 7.82. The standard InChI is InChI=1S/C27H21O2P/c28-30(22-14-6-2-7-15-22,23-16-8-3-9-17-23)27-20-26(21-12-4-1-5-13-21)29-25-19-11-10-18-24(25)27/h1-20,27H. The van der Waals surface area contributed by atoms with Crippen molar-refractivity contribution in [2.45, 2.75) is 5.66 Å². The summed E-state index contributed by atoms with van der Waals surface area (Å²) >= 11 is 0. The molecule has 0 spiro atoms. The summed E-state index contributed by atoms with van der Waals surface area (Å²) in [6, 6.07) is 37.6. The molecule has 0 radical (unpaired) electrons. The molecule has 2 nitrogen and oxygen atoms in total. The van der Waals surface area contributed by atoms with Gasteiger partial charge in [0.15, 0.2) is 7.14 Å². The Morgan fingerprint density at radius 1 is 0.600 bits per heavy atom. The largest absolute Gasteiger partial charge is 0.457 e. The summed E-state index contributed by atoms with van der Waals surface area (Å²) in [5.74, 6) is 1.50. The number of hydrogen-bond acceptors (Lipinski definition) is 2. The molecule has 3 heteroatoms. The predicted molar refractivity (Wildman–Crippen MR) is 124 cm³/mol. The fourth-order valence-electron chi connectivity index (χ4n) is 4.03. The van der Waals surface area contributed by atoms with Gasteiger partial charge in [0.25, 0.3) is 0 Å². The summed E-state index contributed by atoms with van der Waals surface area (Å²) in [4.78, 5) is 0. The molecule has 0 saturated heterocycles. The Balaban J connectivity index is 1.77. The third kappa shape index (κ3) is 3.20. The van der Waals surface area contributed by atoms with Crippen LogP contribution in [0, 0.1) is 0 Å². The molecule has 0 bridgehead atoms.